The number of benzene rings is 2. The molecule has 28 heavy (non-hydrogen) atoms. The van der Waals surface area contributed by atoms with Gasteiger partial charge in [0.15, 0.2) is 12.4 Å². The Kier molecular flexibility index (Phi) is 4.39. The number of methoxy groups -OCH3 is 1. The van der Waals surface area contributed by atoms with Crippen molar-refractivity contribution in [3.8, 4) is 11.5 Å². The molecular formula is C22H19NO5. The molecule has 0 aliphatic carbocycles. The molecule has 6 heteroatoms. The SMILES string of the molecule is COC(=O)COc1ccc2c(c1C)O/C(=C\c1cn(C)c3ccccc13)C2=O. The molecule has 0 bridgehead atoms. The van der Waals surface area contributed by atoms with Gasteiger partial charge in [-0.05, 0) is 31.2 Å². The number of hydrogen-bond acceptors (Lipinski definition) is 5. The van der Waals surface area contributed by atoms with Crippen molar-refractivity contribution in [1.29, 1.82) is 0 Å². The first-order valence-corrected chi connectivity index (χ1v) is 8.81. The maximum atomic E-state index is 12.8. The number of esters is 1. The number of aromatic nitrogens is 1. The minimum atomic E-state index is -0.478. The van der Waals surface area contributed by atoms with Crippen LogP contribution in [-0.4, -0.2) is 30.0 Å². The maximum absolute atomic E-state index is 12.8. The molecule has 0 N–H and O–H groups in total. The highest BCUT2D eigenvalue weighted by atomic mass is 16.6. The number of aryl methyl sites for hydroxylation is 1. The smallest absolute Gasteiger partial charge is 0.343 e. The van der Waals surface area contributed by atoms with Gasteiger partial charge in [-0.2, -0.15) is 0 Å². The van der Waals surface area contributed by atoms with Crippen LogP contribution in [0.4, 0.5) is 0 Å². The minimum absolute atomic E-state index is 0.175. The van der Waals surface area contributed by atoms with Crippen LogP contribution in [0, 0.1) is 6.92 Å². The number of hydrogen-bond donors (Lipinski definition) is 0. The van der Waals surface area contributed by atoms with E-state index >= 15 is 0 Å². The number of nitrogens with zero attached hydrogens (tertiary/aromatic N) is 1. The number of rotatable bonds is 4. The molecule has 1 aromatic heterocycles. The third-order valence-electron chi connectivity index (χ3n) is 4.82. The highest BCUT2D eigenvalue weighted by Crippen LogP contribution is 2.39. The van der Waals surface area contributed by atoms with Gasteiger partial charge in [0.2, 0.25) is 5.78 Å². The molecule has 0 radical (unpaired) electrons. The number of Topliss-reactive ketones (excluding diaryl/α,β-unsaturated/α-hetero) is 1. The van der Waals surface area contributed by atoms with E-state index in [0.717, 1.165) is 16.5 Å². The first kappa shape index (κ1) is 17.9. The van der Waals surface area contributed by atoms with Crippen LogP contribution in [0.15, 0.2) is 48.4 Å². The van der Waals surface area contributed by atoms with Crippen LogP contribution < -0.4 is 9.47 Å². The predicted molar refractivity (Wildman–Crippen MR) is 105 cm³/mol. The molecule has 142 valence electrons. The second-order valence-corrected chi connectivity index (χ2v) is 6.58. The second-order valence-electron chi connectivity index (χ2n) is 6.58. The van der Waals surface area contributed by atoms with Gasteiger partial charge in [-0.1, -0.05) is 18.2 Å². The summed E-state index contributed by atoms with van der Waals surface area (Å²) in [7, 11) is 3.26. The Labute approximate surface area is 161 Å². The van der Waals surface area contributed by atoms with E-state index in [9.17, 15) is 9.59 Å². The van der Waals surface area contributed by atoms with Crippen LogP contribution in [-0.2, 0) is 16.6 Å². The number of carbonyl (C=O) groups is 2. The van der Waals surface area contributed by atoms with Crippen LogP contribution in [0.3, 0.4) is 0 Å². The molecule has 0 amide bonds. The van der Waals surface area contributed by atoms with Gasteiger partial charge >= 0.3 is 5.97 Å². The van der Waals surface area contributed by atoms with E-state index in [1.54, 1.807) is 25.1 Å². The van der Waals surface area contributed by atoms with E-state index in [2.05, 4.69) is 4.74 Å². The van der Waals surface area contributed by atoms with Crippen molar-refractivity contribution in [2.45, 2.75) is 6.92 Å². The van der Waals surface area contributed by atoms with Crippen molar-refractivity contribution in [3.05, 3.63) is 65.0 Å². The van der Waals surface area contributed by atoms with Gasteiger partial charge < -0.3 is 18.8 Å². The first-order valence-electron chi connectivity index (χ1n) is 8.81. The lowest BCUT2D eigenvalue weighted by Crippen LogP contribution is -2.13. The lowest BCUT2D eigenvalue weighted by Gasteiger charge is -2.10. The van der Waals surface area contributed by atoms with Gasteiger partial charge in [-0.25, -0.2) is 4.79 Å². The molecule has 6 nitrogen and oxygen atoms in total. The Balaban J connectivity index is 1.68. The number of para-hydroxylation sites is 1. The summed E-state index contributed by atoms with van der Waals surface area (Å²) in [6.45, 7) is 1.59. The first-order chi connectivity index (χ1) is 13.5. The monoisotopic (exact) mass is 377 g/mol. The molecule has 3 aromatic rings. The molecule has 0 unspecified atom stereocenters. The van der Waals surface area contributed by atoms with Crippen LogP contribution in [0.1, 0.15) is 21.5 Å². The van der Waals surface area contributed by atoms with Crippen LogP contribution in [0.25, 0.3) is 17.0 Å². The summed E-state index contributed by atoms with van der Waals surface area (Å²) in [5, 5.41) is 1.05. The predicted octanol–water partition coefficient (Wildman–Crippen LogP) is 3.65. The normalized spacial score (nSPS) is 14.2. The van der Waals surface area contributed by atoms with Crippen molar-refractivity contribution >= 4 is 28.7 Å². The molecule has 0 saturated heterocycles. The van der Waals surface area contributed by atoms with Crippen LogP contribution in [0.2, 0.25) is 0 Å². The lowest BCUT2D eigenvalue weighted by molar-refractivity contribution is -0.142. The third-order valence-corrected chi connectivity index (χ3v) is 4.82. The molecule has 1 aliphatic heterocycles. The zero-order valence-corrected chi connectivity index (χ0v) is 15.8. The molecule has 4 rings (SSSR count). The van der Waals surface area contributed by atoms with Crippen molar-refractivity contribution in [2.24, 2.45) is 7.05 Å². The molecule has 1 aliphatic rings. The summed E-state index contributed by atoms with van der Waals surface area (Å²) in [5.41, 5.74) is 3.13. The van der Waals surface area contributed by atoms with E-state index < -0.39 is 5.97 Å². The largest absolute Gasteiger partial charge is 0.481 e. The van der Waals surface area contributed by atoms with E-state index in [-0.39, 0.29) is 18.1 Å². The third kappa shape index (κ3) is 2.93. The van der Waals surface area contributed by atoms with Gasteiger partial charge in [-0.15, -0.1) is 0 Å². The summed E-state index contributed by atoms with van der Waals surface area (Å²) in [4.78, 5) is 24.1. The Morgan fingerprint density at radius 1 is 1.21 bits per heavy atom. The van der Waals surface area contributed by atoms with Gasteiger partial charge in [0.25, 0.3) is 0 Å². The fraction of sp³-hybridized carbons (Fsp3) is 0.182. The molecular weight excluding hydrogens is 358 g/mol. The van der Waals surface area contributed by atoms with Crippen molar-refractivity contribution in [1.82, 2.24) is 4.57 Å². The Morgan fingerprint density at radius 2 is 2.00 bits per heavy atom. The molecule has 0 spiro atoms. The minimum Gasteiger partial charge on any atom is -0.481 e. The summed E-state index contributed by atoms with van der Waals surface area (Å²) in [6, 6.07) is 11.3. The molecule has 0 saturated carbocycles. The van der Waals surface area contributed by atoms with Gasteiger partial charge in [0.05, 0.1) is 12.7 Å². The second kappa shape index (κ2) is 6.88. The number of allylic oxidation sites excluding steroid dienone is 1. The van der Waals surface area contributed by atoms with Crippen molar-refractivity contribution < 1.29 is 23.8 Å². The number of ketones is 1. The van der Waals surface area contributed by atoms with Crippen molar-refractivity contribution in [2.75, 3.05) is 13.7 Å². The number of ether oxygens (including phenoxy) is 3. The highest BCUT2D eigenvalue weighted by molar-refractivity contribution is 6.15. The quantitative estimate of drug-likeness (QED) is 0.513. The molecule has 0 atom stereocenters. The van der Waals surface area contributed by atoms with E-state index in [4.69, 9.17) is 9.47 Å². The average molecular weight is 377 g/mol. The Bertz CT molecular complexity index is 1140. The van der Waals surface area contributed by atoms with Crippen molar-refractivity contribution in [3.63, 3.8) is 0 Å². The number of fused-ring (bicyclic) bond motifs is 2. The highest BCUT2D eigenvalue weighted by Gasteiger charge is 2.30. The fourth-order valence-electron chi connectivity index (χ4n) is 3.35. The van der Waals surface area contributed by atoms with Gasteiger partial charge in [0.1, 0.15) is 11.5 Å². The van der Waals surface area contributed by atoms with E-state index in [1.807, 2.05) is 42.1 Å². The van der Waals surface area contributed by atoms with Crippen LogP contribution in [0.5, 0.6) is 11.5 Å². The molecule has 0 fully saturated rings. The van der Waals surface area contributed by atoms with E-state index in [1.165, 1.54) is 7.11 Å². The lowest BCUT2D eigenvalue weighted by atomic mass is 10.1. The number of carbonyl (C=O) groups excluding carboxylic acids is 2. The van der Waals surface area contributed by atoms with Gasteiger partial charge in [-0.3, -0.25) is 4.79 Å². The Morgan fingerprint density at radius 3 is 2.79 bits per heavy atom. The zero-order valence-electron chi connectivity index (χ0n) is 15.8. The topological polar surface area (TPSA) is 66.8 Å². The average Bonchev–Trinajstić information content (AvgIpc) is 3.19. The standard InChI is InChI=1S/C22H19NO5/c1-13-18(27-12-20(24)26-3)9-8-16-21(25)19(28-22(13)16)10-14-11-23(2)17-7-5-4-6-15(14)17/h4-11H,12H2,1-3H3/b19-10-. The van der Waals surface area contributed by atoms with Crippen LogP contribution >= 0.6 is 0 Å². The van der Waals surface area contributed by atoms with Gasteiger partial charge in [0, 0.05) is 35.3 Å². The maximum Gasteiger partial charge on any atom is 0.343 e. The van der Waals surface area contributed by atoms with E-state index in [0.29, 0.717) is 22.6 Å². The summed E-state index contributed by atoms with van der Waals surface area (Å²) < 4.78 is 18.0. The Hall–Kier alpha value is -3.54. The summed E-state index contributed by atoms with van der Waals surface area (Å²) >= 11 is 0. The molecule has 2 heterocycles. The zero-order chi connectivity index (χ0) is 19.8. The molecule has 2 aromatic carbocycles. The fourth-order valence-corrected chi connectivity index (χ4v) is 3.35. The summed E-state index contributed by atoms with van der Waals surface area (Å²) in [5.74, 6) is 0.542. The summed E-state index contributed by atoms with van der Waals surface area (Å²) in [6.07, 6.45) is 3.73.